The van der Waals surface area contributed by atoms with Crippen molar-refractivity contribution in [3.05, 3.63) is 85.0 Å². The highest BCUT2D eigenvalue weighted by Gasteiger charge is 2.76. The van der Waals surface area contributed by atoms with Crippen LogP contribution in [0.5, 0.6) is 0 Å². The second-order valence-electron chi connectivity index (χ2n) is 11.3. The first-order valence-corrected chi connectivity index (χ1v) is 16.2. The van der Waals surface area contributed by atoms with E-state index in [1.54, 1.807) is 38.6 Å². The topological polar surface area (TPSA) is 81.2 Å². The fourth-order valence-electron chi connectivity index (χ4n) is 7.21. The van der Waals surface area contributed by atoms with Gasteiger partial charge in [-0.3, -0.25) is 14.4 Å². The number of hydrogen-bond donors (Lipinski definition) is 1. The summed E-state index contributed by atoms with van der Waals surface area (Å²) >= 11 is 5.48. The van der Waals surface area contributed by atoms with Crippen LogP contribution in [0.3, 0.4) is 0 Å². The number of aryl methyl sites for hydroxylation is 2. The summed E-state index contributed by atoms with van der Waals surface area (Å²) in [5, 5.41) is 9.56. The zero-order valence-electron chi connectivity index (χ0n) is 24.1. The number of carbonyl (C=O) groups excluding carboxylic acids is 3. The Kier molecular flexibility index (Phi) is 9.02. The molecular weight excluding hydrogens is 614 g/mol. The molecule has 222 valence electrons. The predicted octanol–water partition coefficient (Wildman–Crippen LogP) is 4.89. The molecule has 0 aliphatic carbocycles. The van der Waals surface area contributed by atoms with Crippen molar-refractivity contribution in [2.75, 3.05) is 36.0 Å². The fraction of sp³-hybridized carbons (Fsp3) is 0.424. The molecule has 0 saturated carbocycles. The molecule has 1 spiro atoms. The minimum absolute atomic E-state index is 0.0389. The zero-order chi connectivity index (χ0) is 30.2. The zero-order valence-corrected chi connectivity index (χ0v) is 26.5. The van der Waals surface area contributed by atoms with Crippen molar-refractivity contribution in [1.29, 1.82) is 0 Å². The standard InChI is InChI=1S/C33H38BrN3O4S/c1-5-16-35(23-14-8-7-9-15-23)30(39)25-26-31(40)37(18-11-19-38)29(33(26)20-24(34)28(25)42-33)32(41)36(17-6-2)27-21(3)12-10-13-22(27)4/h5-10,12-15,24-26,28-29,38H,1-2,11,16-20H2,3-4H3/t24?,25-,26+,28-,29?,33?/m1/s1. The van der Waals surface area contributed by atoms with E-state index in [0.29, 0.717) is 25.9 Å². The number of benzene rings is 2. The van der Waals surface area contributed by atoms with Gasteiger partial charge < -0.3 is 19.8 Å². The second-order valence-corrected chi connectivity index (χ2v) is 14.0. The molecule has 2 aromatic rings. The summed E-state index contributed by atoms with van der Waals surface area (Å²) in [4.78, 5) is 48.7. The van der Waals surface area contributed by atoms with Gasteiger partial charge in [-0.05, 0) is 49.9 Å². The highest BCUT2D eigenvalue weighted by molar-refractivity contribution is 9.09. The molecule has 2 aromatic carbocycles. The van der Waals surface area contributed by atoms with Crippen molar-refractivity contribution in [3.8, 4) is 0 Å². The Morgan fingerprint density at radius 1 is 1.05 bits per heavy atom. The smallest absolute Gasteiger partial charge is 0.251 e. The molecule has 0 aromatic heterocycles. The molecule has 3 amide bonds. The molecule has 42 heavy (non-hydrogen) atoms. The number of amides is 3. The minimum atomic E-state index is -0.782. The highest BCUT2D eigenvalue weighted by atomic mass is 79.9. The maximum absolute atomic E-state index is 14.8. The Balaban J connectivity index is 1.60. The number of thioether (sulfide) groups is 1. The largest absolute Gasteiger partial charge is 0.396 e. The van der Waals surface area contributed by atoms with Gasteiger partial charge in [-0.1, -0.05) is 64.5 Å². The van der Waals surface area contributed by atoms with Gasteiger partial charge >= 0.3 is 0 Å². The average molecular weight is 653 g/mol. The molecular formula is C33H38BrN3O4S. The monoisotopic (exact) mass is 651 g/mol. The molecule has 3 aliphatic rings. The van der Waals surface area contributed by atoms with Crippen molar-refractivity contribution >= 4 is 56.8 Å². The van der Waals surface area contributed by atoms with Gasteiger partial charge in [-0.25, -0.2) is 0 Å². The lowest BCUT2D eigenvalue weighted by Crippen LogP contribution is -2.56. The van der Waals surface area contributed by atoms with Crippen molar-refractivity contribution < 1.29 is 19.5 Å². The van der Waals surface area contributed by atoms with Gasteiger partial charge in [0.1, 0.15) is 6.04 Å². The number of para-hydroxylation sites is 2. The van der Waals surface area contributed by atoms with Crippen LogP contribution in [0.25, 0.3) is 0 Å². The quantitative estimate of drug-likeness (QED) is 0.277. The number of carbonyl (C=O) groups is 3. The van der Waals surface area contributed by atoms with Crippen LogP contribution in [0.2, 0.25) is 0 Å². The Bertz CT molecular complexity index is 1370. The maximum Gasteiger partial charge on any atom is 0.251 e. The van der Waals surface area contributed by atoms with Gasteiger partial charge in [0.15, 0.2) is 0 Å². The van der Waals surface area contributed by atoms with E-state index in [9.17, 15) is 19.5 Å². The van der Waals surface area contributed by atoms with Crippen molar-refractivity contribution in [2.24, 2.45) is 11.8 Å². The summed E-state index contributed by atoms with van der Waals surface area (Å²) < 4.78 is -0.782. The van der Waals surface area contributed by atoms with Crippen LogP contribution in [-0.4, -0.2) is 74.8 Å². The number of likely N-dealkylation sites (tertiary alicyclic amines) is 1. The lowest BCUT2D eigenvalue weighted by molar-refractivity contribution is -0.139. The van der Waals surface area contributed by atoms with E-state index in [1.807, 2.05) is 62.4 Å². The first kappa shape index (κ1) is 30.6. The van der Waals surface area contributed by atoms with E-state index in [1.165, 1.54) is 0 Å². The number of hydrogen-bond acceptors (Lipinski definition) is 5. The predicted molar refractivity (Wildman–Crippen MR) is 173 cm³/mol. The van der Waals surface area contributed by atoms with Crippen LogP contribution in [0, 0.1) is 25.7 Å². The van der Waals surface area contributed by atoms with Crippen molar-refractivity contribution in [1.82, 2.24) is 4.90 Å². The van der Waals surface area contributed by atoms with Crippen LogP contribution < -0.4 is 9.80 Å². The van der Waals surface area contributed by atoms with Crippen molar-refractivity contribution in [3.63, 3.8) is 0 Å². The van der Waals surface area contributed by atoms with Gasteiger partial charge in [0, 0.05) is 47.7 Å². The number of nitrogens with zero attached hydrogens (tertiary/aromatic N) is 3. The van der Waals surface area contributed by atoms with Crippen LogP contribution in [0.4, 0.5) is 11.4 Å². The van der Waals surface area contributed by atoms with Gasteiger partial charge in [-0.15, -0.1) is 24.9 Å². The molecule has 2 bridgehead atoms. The van der Waals surface area contributed by atoms with Crippen LogP contribution in [0.15, 0.2) is 73.8 Å². The molecule has 3 heterocycles. The third-order valence-corrected chi connectivity index (χ3v) is 12.0. The van der Waals surface area contributed by atoms with E-state index < -0.39 is 22.6 Å². The van der Waals surface area contributed by atoms with Gasteiger partial charge in [0.05, 0.1) is 16.6 Å². The number of aliphatic hydroxyl groups excluding tert-OH is 1. The molecule has 0 radical (unpaired) electrons. The molecule has 5 rings (SSSR count). The number of halogens is 1. The first-order valence-electron chi connectivity index (χ1n) is 14.4. The third-order valence-electron chi connectivity index (χ3n) is 8.80. The lowest BCUT2D eigenvalue weighted by atomic mass is 9.70. The first-order chi connectivity index (χ1) is 20.2. The van der Waals surface area contributed by atoms with Crippen LogP contribution in [0.1, 0.15) is 24.0 Å². The second kappa shape index (κ2) is 12.4. The minimum Gasteiger partial charge on any atom is -0.396 e. The van der Waals surface area contributed by atoms with Gasteiger partial charge in [0.2, 0.25) is 11.8 Å². The highest BCUT2D eigenvalue weighted by Crippen LogP contribution is 2.68. The molecule has 3 saturated heterocycles. The molecule has 7 nitrogen and oxygen atoms in total. The summed E-state index contributed by atoms with van der Waals surface area (Å²) in [6, 6.07) is 14.6. The van der Waals surface area contributed by atoms with E-state index in [2.05, 4.69) is 29.1 Å². The number of anilines is 2. The molecule has 3 fully saturated rings. The third kappa shape index (κ3) is 4.93. The maximum atomic E-state index is 14.8. The molecule has 1 N–H and O–H groups in total. The average Bonchev–Trinajstić information content (AvgIpc) is 3.57. The molecule has 9 heteroatoms. The fourth-order valence-corrected chi connectivity index (χ4v) is 10.8. The van der Waals surface area contributed by atoms with Crippen LogP contribution in [-0.2, 0) is 14.4 Å². The summed E-state index contributed by atoms with van der Waals surface area (Å²) in [6.45, 7) is 12.5. The SMILES string of the molecule is C=CCN(C(=O)[C@H]1[C@@H]2SC3(CC2Br)C(C(=O)N(CC=C)c2c(C)cccc2C)N(CCCO)C(=O)[C@H]13)c1ccccc1. The van der Waals surface area contributed by atoms with Gasteiger partial charge in [-0.2, -0.15) is 0 Å². The molecule has 3 aliphatic heterocycles. The molecule has 6 atom stereocenters. The van der Waals surface area contributed by atoms with Crippen molar-refractivity contribution in [2.45, 2.75) is 47.6 Å². The Morgan fingerprint density at radius 3 is 2.31 bits per heavy atom. The number of fused-ring (bicyclic) bond motifs is 1. The van der Waals surface area contributed by atoms with E-state index in [0.717, 1.165) is 22.5 Å². The Hall–Kier alpha value is -2.88. The van der Waals surface area contributed by atoms with Crippen LogP contribution >= 0.6 is 27.7 Å². The van der Waals surface area contributed by atoms with E-state index in [4.69, 9.17) is 0 Å². The Morgan fingerprint density at radius 2 is 1.69 bits per heavy atom. The molecule has 3 unspecified atom stereocenters. The van der Waals surface area contributed by atoms with E-state index >= 15 is 0 Å². The number of aliphatic hydroxyl groups is 1. The number of rotatable bonds is 11. The van der Waals surface area contributed by atoms with E-state index in [-0.39, 0.29) is 41.0 Å². The summed E-state index contributed by atoms with van der Waals surface area (Å²) in [6.07, 6.45) is 4.34. The summed E-state index contributed by atoms with van der Waals surface area (Å²) in [5.41, 5.74) is 3.49. The normalized spacial score (nSPS) is 27.6. The Labute approximate surface area is 260 Å². The lowest BCUT2D eigenvalue weighted by Gasteiger charge is -2.39. The number of alkyl halides is 1. The summed E-state index contributed by atoms with van der Waals surface area (Å²) in [7, 11) is 0. The summed E-state index contributed by atoms with van der Waals surface area (Å²) in [5.74, 6) is -1.74. The van der Waals surface area contributed by atoms with Gasteiger partial charge in [0.25, 0.3) is 5.91 Å².